The fourth-order valence-electron chi connectivity index (χ4n) is 2.57. The van der Waals surface area contributed by atoms with E-state index in [0.717, 1.165) is 16.7 Å². The summed E-state index contributed by atoms with van der Waals surface area (Å²) in [6.07, 6.45) is -3.19. The summed E-state index contributed by atoms with van der Waals surface area (Å²) in [6, 6.07) is 10.6. The Bertz CT molecular complexity index is 1000. The fourth-order valence-corrected chi connectivity index (χ4v) is 2.57. The van der Waals surface area contributed by atoms with Crippen LogP contribution in [0.25, 0.3) is 16.5 Å². The standard InChI is InChI=1S/C18H12F3NO3/c1-25-17(24)15-10-22(16(23)14-5-3-2-4-13(14)15)12-8-6-11(7-9-12)18(19,20)21/h2-10H,1H3. The highest BCUT2D eigenvalue weighted by Gasteiger charge is 2.30. The molecule has 0 unspecified atom stereocenters. The number of pyridine rings is 1. The van der Waals surface area contributed by atoms with Gasteiger partial charge in [-0.05, 0) is 30.3 Å². The van der Waals surface area contributed by atoms with Gasteiger partial charge >= 0.3 is 12.1 Å². The van der Waals surface area contributed by atoms with E-state index in [0.29, 0.717) is 5.39 Å². The molecule has 1 aromatic heterocycles. The second-order valence-corrected chi connectivity index (χ2v) is 5.30. The quantitative estimate of drug-likeness (QED) is 0.663. The number of benzene rings is 2. The summed E-state index contributed by atoms with van der Waals surface area (Å²) >= 11 is 0. The first-order valence-corrected chi connectivity index (χ1v) is 7.23. The Balaban J connectivity index is 2.25. The minimum Gasteiger partial charge on any atom is -0.465 e. The van der Waals surface area contributed by atoms with Gasteiger partial charge in [0, 0.05) is 22.7 Å². The number of ether oxygens (including phenoxy) is 1. The maximum absolute atomic E-state index is 12.7. The smallest absolute Gasteiger partial charge is 0.416 e. The van der Waals surface area contributed by atoms with Gasteiger partial charge in [0.2, 0.25) is 0 Å². The molecule has 0 radical (unpaired) electrons. The van der Waals surface area contributed by atoms with Gasteiger partial charge in [0.05, 0.1) is 18.2 Å². The van der Waals surface area contributed by atoms with Crippen LogP contribution >= 0.6 is 0 Å². The Kier molecular flexibility index (Phi) is 4.08. The van der Waals surface area contributed by atoms with Gasteiger partial charge < -0.3 is 4.74 Å². The second-order valence-electron chi connectivity index (χ2n) is 5.30. The van der Waals surface area contributed by atoms with Gasteiger partial charge in [-0.3, -0.25) is 9.36 Å². The molecule has 25 heavy (non-hydrogen) atoms. The lowest BCUT2D eigenvalue weighted by atomic mass is 10.1. The average molecular weight is 347 g/mol. The third-order valence-electron chi connectivity index (χ3n) is 3.80. The van der Waals surface area contributed by atoms with Crippen LogP contribution in [0.5, 0.6) is 0 Å². The van der Waals surface area contributed by atoms with E-state index in [2.05, 4.69) is 0 Å². The minimum atomic E-state index is -4.47. The largest absolute Gasteiger partial charge is 0.465 e. The molecule has 0 spiro atoms. The number of rotatable bonds is 2. The number of alkyl halides is 3. The number of nitrogens with zero attached hydrogens (tertiary/aromatic N) is 1. The molecule has 2 aromatic carbocycles. The lowest BCUT2D eigenvalue weighted by Crippen LogP contribution is -2.21. The highest BCUT2D eigenvalue weighted by molar-refractivity contribution is 6.04. The molecule has 1 heterocycles. The minimum absolute atomic E-state index is 0.151. The molecular formula is C18H12F3NO3. The van der Waals surface area contributed by atoms with E-state index in [4.69, 9.17) is 4.74 Å². The topological polar surface area (TPSA) is 48.3 Å². The number of esters is 1. The number of methoxy groups -OCH3 is 1. The SMILES string of the molecule is COC(=O)c1cn(-c2ccc(C(F)(F)F)cc2)c(=O)c2ccccc12. The van der Waals surface area contributed by atoms with Crippen molar-refractivity contribution >= 4 is 16.7 Å². The van der Waals surface area contributed by atoms with E-state index < -0.39 is 23.3 Å². The van der Waals surface area contributed by atoms with Crippen LogP contribution < -0.4 is 5.56 Å². The predicted molar refractivity (Wildman–Crippen MR) is 85.9 cm³/mol. The molecule has 0 saturated heterocycles. The zero-order valence-corrected chi connectivity index (χ0v) is 13.0. The van der Waals surface area contributed by atoms with Crippen LogP contribution in [-0.4, -0.2) is 17.6 Å². The maximum atomic E-state index is 12.7. The number of carbonyl (C=O) groups excluding carboxylic acids is 1. The van der Waals surface area contributed by atoms with Crippen molar-refractivity contribution in [2.75, 3.05) is 7.11 Å². The summed E-state index contributed by atoms with van der Waals surface area (Å²) < 4.78 is 44.0. The number of hydrogen-bond donors (Lipinski definition) is 0. The molecule has 7 heteroatoms. The first-order chi connectivity index (χ1) is 11.8. The molecule has 128 valence electrons. The third-order valence-corrected chi connectivity index (χ3v) is 3.80. The third kappa shape index (κ3) is 3.00. The van der Waals surface area contributed by atoms with E-state index in [9.17, 15) is 22.8 Å². The van der Waals surface area contributed by atoms with E-state index in [-0.39, 0.29) is 16.6 Å². The molecule has 0 aliphatic rings. The lowest BCUT2D eigenvalue weighted by molar-refractivity contribution is -0.137. The molecule has 0 atom stereocenters. The number of carbonyl (C=O) groups is 1. The van der Waals surface area contributed by atoms with Crippen LogP contribution in [-0.2, 0) is 10.9 Å². The van der Waals surface area contributed by atoms with Crippen LogP contribution in [0.2, 0.25) is 0 Å². The first kappa shape index (κ1) is 16.8. The van der Waals surface area contributed by atoms with Crippen LogP contribution in [0.4, 0.5) is 13.2 Å². The summed E-state index contributed by atoms with van der Waals surface area (Å²) in [6.45, 7) is 0. The van der Waals surface area contributed by atoms with Crippen molar-refractivity contribution in [3.05, 3.63) is 76.2 Å². The maximum Gasteiger partial charge on any atom is 0.416 e. The number of halogens is 3. The molecule has 3 aromatic rings. The van der Waals surface area contributed by atoms with Gasteiger partial charge in [-0.25, -0.2) is 4.79 Å². The highest BCUT2D eigenvalue weighted by Crippen LogP contribution is 2.29. The van der Waals surface area contributed by atoms with Crippen LogP contribution in [0.15, 0.2) is 59.5 Å². The van der Waals surface area contributed by atoms with Crippen molar-refractivity contribution in [2.45, 2.75) is 6.18 Å². The molecule has 0 bridgehead atoms. The van der Waals surface area contributed by atoms with Crippen molar-refractivity contribution in [1.82, 2.24) is 4.57 Å². The lowest BCUT2D eigenvalue weighted by Gasteiger charge is -2.12. The van der Waals surface area contributed by atoms with Crippen molar-refractivity contribution < 1.29 is 22.7 Å². The number of aromatic nitrogens is 1. The van der Waals surface area contributed by atoms with Crippen molar-refractivity contribution in [3.63, 3.8) is 0 Å². The molecular weight excluding hydrogens is 335 g/mol. The van der Waals surface area contributed by atoms with Gasteiger partial charge in [0.25, 0.3) is 5.56 Å². The summed E-state index contributed by atoms with van der Waals surface area (Å²) in [5, 5.41) is 0.688. The van der Waals surface area contributed by atoms with Crippen molar-refractivity contribution in [2.24, 2.45) is 0 Å². The first-order valence-electron chi connectivity index (χ1n) is 7.23. The number of fused-ring (bicyclic) bond motifs is 1. The van der Waals surface area contributed by atoms with E-state index >= 15 is 0 Å². The zero-order valence-electron chi connectivity index (χ0n) is 13.0. The normalized spacial score (nSPS) is 11.5. The molecule has 3 rings (SSSR count). The fraction of sp³-hybridized carbons (Fsp3) is 0.111. The Morgan fingerprint density at radius 1 is 1.00 bits per heavy atom. The van der Waals surface area contributed by atoms with Crippen LogP contribution in [0, 0.1) is 0 Å². The molecule has 4 nitrogen and oxygen atoms in total. The second kappa shape index (κ2) is 6.08. The Labute approximate surface area is 140 Å². The Morgan fingerprint density at radius 3 is 2.16 bits per heavy atom. The molecule has 0 amide bonds. The summed E-state index contributed by atoms with van der Waals surface area (Å²) in [7, 11) is 1.21. The zero-order chi connectivity index (χ0) is 18.2. The molecule has 0 aliphatic carbocycles. The summed E-state index contributed by atoms with van der Waals surface area (Å²) in [5.41, 5.74) is -0.896. The van der Waals surface area contributed by atoms with Gasteiger partial charge in [-0.1, -0.05) is 18.2 Å². The van der Waals surface area contributed by atoms with E-state index in [1.54, 1.807) is 24.3 Å². The van der Waals surface area contributed by atoms with Crippen LogP contribution in [0.3, 0.4) is 0 Å². The molecule has 0 N–H and O–H groups in total. The van der Waals surface area contributed by atoms with Gasteiger partial charge in [0.1, 0.15) is 0 Å². The van der Waals surface area contributed by atoms with E-state index in [1.165, 1.54) is 25.4 Å². The van der Waals surface area contributed by atoms with Gasteiger partial charge in [0.15, 0.2) is 0 Å². The summed E-state index contributed by atoms with van der Waals surface area (Å²) in [5.74, 6) is -0.642. The number of hydrogen-bond acceptors (Lipinski definition) is 3. The van der Waals surface area contributed by atoms with Crippen molar-refractivity contribution in [3.8, 4) is 5.69 Å². The molecule has 0 saturated carbocycles. The van der Waals surface area contributed by atoms with Gasteiger partial charge in [-0.2, -0.15) is 13.2 Å². The predicted octanol–water partition coefficient (Wildman–Crippen LogP) is 3.80. The van der Waals surface area contributed by atoms with Gasteiger partial charge in [-0.15, -0.1) is 0 Å². The summed E-state index contributed by atoms with van der Waals surface area (Å²) in [4.78, 5) is 24.7. The molecule has 0 fully saturated rings. The average Bonchev–Trinajstić information content (AvgIpc) is 2.61. The monoisotopic (exact) mass is 347 g/mol. The Morgan fingerprint density at radius 2 is 1.60 bits per heavy atom. The van der Waals surface area contributed by atoms with Crippen LogP contribution in [0.1, 0.15) is 15.9 Å². The van der Waals surface area contributed by atoms with E-state index in [1.807, 2.05) is 0 Å². The molecule has 0 aliphatic heterocycles. The van der Waals surface area contributed by atoms with Crippen molar-refractivity contribution in [1.29, 1.82) is 0 Å². The highest BCUT2D eigenvalue weighted by atomic mass is 19.4. The Hall–Kier alpha value is -3.09.